The topological polar surface area (TPSA) is 47.1 Å². The van der Waals surface area contributed by atoms with Crippen LogP contribution in [0.15, 0.2) is 40.9 Å². The molecule has 0 atom stereocenters. The molecule has 0 fully saturated rings. The average Bonchev–Trinajstić information content (AvgIpc) is 2.75. The van der Waals surface area contributed by atoms with Crippen LogP contribution in [-0.4, -0.2) is 23.2 Å². The second kappa shape index (κ2) is 5.07. The van der Waals surface area contributed by atoms with Gasteiger partial charge in [-0.15, -0.1) is 0 Å². The highest BCUT2D eigenvalue weighted by Crippen LogP contribution is 2.35. The van der Waals surface area contributed by atoms with Crippen LogP contribution in [0.1, 0.15) is 6.42 Å². The monoisotopic (exact) mass is 344 g/mol. The summed E-state index contributed by atoms with van der Waals surface area (Å²) >= 11 is 3.56. The summed E-state index contributed by atoms with van der Waals surface area (Å²) in [5.74, 6) is 2.38. The molecule has 0 unspecified atom stereocenters. The van der Waals surface area contributed by atoms with Gasteiger partial charge in [-0.3, -0.25) is 0 Å². The Morgan fingerprint density at radius 2 is 1.81 bits per heavy atom. The molecule has 0 saturated heterocycles. The fourth-order valence-electron chi connectivity index (χ4n) is 2.45. The standard InChI is InChI=1S/C16H13BrN2O2/c17-11-5-2-1-4-10(11)16-18-12-8-14-15(9-13(12)19-16)21-7-3-6-20-14/h1-2,4-5,8-9H,3,6-7H2,(H,18,19). The van der Waals surface area contributed by atoms with Gasteiger partial charge in [-0.05, 0) is 6.07 Å². The Balaban J connectivity index is 1.85. The highest BCUT2D eigenvalue weighted by atomic mass is 79.9. The number of aromatic amines is 1. The molecule has 0 saturated carbocycles. The minimum Gasteiger partial charge on any atom is -0.489 e. The van der Waals surface area contributed by atoms with Gasteiger partial charge in [-0.2, -0.15) is 0 Å². The van der Waals surface area contributed by atoms with Crippen LogP contribution in [0.4, 0.5) is 0 Å². The van der Waals surface area contributed by atoms with E-state index in [-0.39, 0.29) is 0 Å². The van der Waals surface area contributed by atoms with E-state index in [9.17, 15) is 0 Å². The summed E-state index contributed by atoms with van der Waals surface area (Å²) in [6.45, 7) is 1.36. The summed E-state index contributed by atoms with van der Waals surface area (Å²) in [4.78, 5) is 8.01. The number of rotatable bonds is 1. The second-order valence-corrected chi connectivity index (χ2v) is 5.79. The molecule has 3 aromatic rings. The highest BCUT2D eigenvalue weighted by Gasteiger charge is 2.15. The van der Waals surface area contributed by atoms with E-state index in [0.29, 0.717) is 13.2 Å². The van der Waals surface area contributed by atoms with Crippen molar-refractivity contribution in [2.75, 3.05) is 13.2 Å². The van der Waals surface area contributed by atoms with E-state index in [1.807, 2.05) is 36.4 Å². The Bertz CT molecular complexity index is 770. The van der Waals surface area contributed by atoms with Gasteiger partial charge >= 0.3 is 0 Å². The second-order valence-electron chi connectivity index (χ2n) is 4.93. The SMILES string of the molecule is Brc1ccccc1-c1nc2cc3c(cc2[nH]1)OCCCO3. The Morgan fingerprint density at radius 1 is 1.05 bits per heavy atom. The predicted molar refractivity (Wildman–Crippen MR) is 84.8 cm³/mol. The molecule has 1 N–H and O–H groups in total. The van der Waals surface area contributed by atoms with E-state index in [2.05, 4.69) is 25.9 Å². The zero-order valence-corrected chi connectivity index (χ0v) is 12.8. The van der Waals surface area contributed by atoms with Crippen molar-refractivity contribution in [3.8, 4) is 22.9 Å². The summed E-state index contributed by atoms with van der Waals surface area (Å²) in [6.07, 6.45) is 0.901. The molecule has 0 aliphatic carbocycles. The van der Waals surface area contributed by atoms with Crippen LogP contribution >= 0.6 is 15.9 Å². The summed E-state index contributed by atoms with van der Waals surface area (Å²) < 4.78 is 12.4. The van der Waals surface area contributed by atoms with E-state index in [0.717, 1.165) is 44.8 Å². The van der Waals surface area contributed by atoms with Gasteiger partial charge in [0.15, 0.2) is 11.5 Å². The fourth-order valence-corrected chi connectivity index (χ4v) is 2.92. The maximum Gasteiger partial charge on any atom is 0.163 e. The molecular formula is C16H13BrN2O2. The molecule has 5 heteroatoms. The first kappa shape index (κ1) is 12.7. The first-order valence-electron chi connectivity index (χ1n) is 6.85. The van der Waals surface area contributed by atoms with Crippen LogP contribution in [0.3, 0.4) is 0 Å². The van der Waals surface area contributed by atoms with E-state index in [1.54, 1.807) is 0 Å². The molecule has 1 aliphatic rings. The highest BCUT2D eigenvalue weighted by molar-refractivity contribution is 9.10. The van der Waals surface area contributed by atoms with Crippen molar-refractivity contribution in [2.45, 2.75) is 6.42 Å². The Hall–Kier alpha value is -2.01. The lowest BCUT2D eigenvalue weighted by Crippen LogP contribution is -1.97. The van der Waals surface area contributed by atoms with E-state index in [1.165, 1.54) is 0 Å². The van der Waals surface area contributed by atoms with E-state index in [4.69, 9.17) is 9.47 Å². The van der Waals surface area contributed by atoms with Crippen molar-refractivity contribution in [1.82, 2.24) is 9.97 Å². The molecular weight excluding hydrogens is 332 g/mol. The quantitative estimate of drug-likeness (QED) is 0.721. The molecule has 0 bridgehead atoms. The van der Waals surface area contributed by atoms with Crippen molar-refractivity contribution >= 4 is 27.0 Å². The molecule has 1 aliphatic heterocycles. The number of fused-ring (bicyclic) bond motifs is 2. The van der Waals surface area contributed by atoms with Crippen LogP contribution in [-0.2, 0) is 0 Å². The third kappa shape index (κ3) is 2.27. The van der Waals surface area contributed by atoms with Gasteiger partial charge in [0.1, 0.15) is 5.82 Å². The van der Waals surface area contributed by atoms with Crippen LogP contribution in [0.25, 0.3) is 22.4 Å². The minimum atomic E-state index is 0.681. The zero-order chi connectivity index (χ0) is 14.2. The molecule has 4 rings (SSSR count). The van der Waals surface area contributed by atoms with Gasteiger partial charge in [-0.25, -0.2) is 4.98 Å². The van der Waals surface area contributed by atoms with Gasteiger partial charge in [-0.1, -0.05) is 34.1 Å². The first-order chi connectivity index (χ1) is 10.3. The van der Waals surface area contributed by atoms with E-state index < -0.39 is 0 Å². The maximum absolute atomic E-state index is 5.71. The summed E-state index contributed by atoms with van der Waals surface area (Å²) in [5, 5.41) is 0. The molecule has 2 aromatic carbocycles. The number of hydrogen-bond acceptors (Lipinski definition) is 3. The largest absolute Gasteiger partial charge is 0.489 e. The number of halogens is 1. The molecule has 0 spiro atoms. The molecule has 2 heterocycles. The summed E-state index contributed by atoms with van der Waals surface area (Å²) in [5.41, 5.74) is 2.86. The van der Waals surface area contributed by atoms with Gasteiger partial charge in [0.25, 0.3) is 0 Å². The maximum atomic E-state index is 5.71. The number of nitrogens with zero attached hydrogens (tertiary/aromatic N) is 1. The van der Waals surface area contributed by atoms with Crippen molar-refractivity contribution in [3.05, 3.63) is 40.9 Å². The van der Waals surface area contributed by atoms with Crippen LogP contribution < -0.4 is 9.47 Å². The Labute approximate surface area is 130 Å². The van der Waals surface area contributed by atoms with Crippen LogP contribution in [0, 0.1) is 0 Å². The number of nitrogens with one attached hydrogen (secondary N) is 1. The van der Waals surface area contributed by atoms with Gasteiger partial charge < -0.3 is 14.5 Å². The molecule has 1 aromatic heterocycles. The zero-order valence-electron chi connectivity index (χ0n) is 11.2. The molecule has 21 heavy (non-hydrogen) atoms. The van der Waals surface area contributed by atoms with Crippen molar-refractivity contribution < 1.29 is 9.47 Å². The Kier molecular flexibility index (Phi) is 3.07. The minimum absolute atomic E-state index is 0.681. The molecule has 4 nitrogen and oxygen atoms in total. The molecule has 106 valence electrons. The summed E-state index contributed by atoms with van der Waals surface area (Å²) in [7, 11) is 0. The smallest absolute Gasteiger partial charge is 0.163 e. The van der Waals surface area contributed by atoms with Crippen molar-refractivity contribution in [3.63, 3.8) is 0 Å². The van der Waals surface area contributed by atoms with Crippen LogP contribution in [0.5, 0.6) is 11.5 Å². The van der Waals surface area contributed by atoms with Crippen LogP contribution in [0.2, 0.25) is 0 Å². The van der Waals surface area contributed by atoms with Gasteiger partial charge in [0.2, 0.25) is 0 Å². The third-order valence-electron chi connectivity index (χ3n) is 3.48. The lowest BCUT2D eigenvalue weighted by Gasteiger charge is -2.05. The Morgan fingerprint density at radius 3 is 2.62 bits per heavy atom. The number of imidazole rings is 1. The number of benzene rings is 2. The predicted octanol–water partition coefficient (Wildman–Crippen LogP) is 4.15. The number of ether oxygens (including phenoxy) is 2. The molecule has 0 amide bonds. The number of hydrogen-bond donors (Lipinski definition) is 1. The number of aromatic nitrogens is 2. The normalized spacial score (nSPS) is 14.1. The van der Waals surface area contributed by atoms with Crippen molar-refractivity contribution in [1.29, 1.82) is 0 Å². The third-order valence-corrected chi connectivity index (χ3v) is 4.17. The number of H-pyrrole nitrogens is 1. The van der Waals surface area contributed by atoms with E-state index >= 15 is 0 Å². The fraction of sp³-hybridized carbons (Fsp3) is 0.188. The first-order valence-corrected chi connectivity index (χ1v) is 7.65. The van der Waals surface area contributed by atoms with Gasteiger partial charge in [0.05, 0.1) is 24.2 Å². The van der Waals surface area contributed by atoms with Crippen molar-refractivity contribution in [2.24, 2.45) is 0 Å². The van der Waals surface area contributed by atoms with Gasteiger partial charge in [0, 0.05) is 28.6 Å². The lowest BCUT2D eigenvalue weighted by molar-refractivity contribution is 0.297. The summed E-state index contributed by atoms with van der Waals surface area (Å²) in [6, 6.07) is 11.9. The lowest BCUT2D eigenvalue weighted by atomic mass is 10.2. The molecule has 0 radical (unpaired) electrons. The average molecular weight is 345 g/mol.